The van der Waals surface area contributed by atoms with E-state index in [4.69, 9.17) is 0 Å². The molecule has 0 spiro atoms. The summed E-state index contributed by atoms with van der Waals surface area (Å²) >= 11 is 0. The Bertz CT molecular complexity index is 1050. The van der Waals surface area contributed by atoms with E-state index >= 15 is 0 Å². The van der Waals surface area contributed by atoms with Gasteiger partial charge in [0.25, 0.3) is 0 Å². The third-order valence-electron chi connectivity index (χ3n) is 6.55. The maximum absolute atomic E-state index is 14.1. The summed E-state index contributed by atoms with van der Waals surface area (Å²) in [6.45, 7) is 0.520. The van der Waals surface area contributed by atoms with E-state index in [9.17, 15) is 17.6 Å². The highest BCUT2D eigenvalue weighted by Gasteiger charge is 2.56. The number of halogens is 4. The molecule has 2 aliphatic rings. The van der Waals surface area contributed by atoms with Crippen molar-refractivity contribution < 1.29 is 17.6 Å². The number of alkyl halides is 3. The summed E-state index contributed by atoms with van der Waals surface area (Å²) in [5.41, 5.74) is -0.251. The normalized spacial score (nSPS) is 19.4. The third kappa shape index (κ3) is 3.32. The lowest BCUT2D eigenvalue weighted by atomic mass is 9.72. The number of pyridine rings is 1. The van der Waals surface area contributed by atoms with Gasteiger partial charge in [-0.15, -0.1) is 10.2 Å². The first-order chi connectivity index (χ1) is 14.4. The number of fused-ring (bicyclic) bond motifs is 1. The largest absolute Gasteiger partial charge is 0.398 e. The number of anilines is 1. The molecule has 1 saturated heterocycles. The van der Waals surface area contributed by atoms with Crippen molar-refractivity contribution in [3.8, 4) is 0 Å². The molecule has 0 amide bonds. The van der Waals surface area contributed by atoms with E-state index in [1.165, 1.54) is 25.0 Å². The van der Waals surface area contributed by atoms with Crippen molar-refractivity contribution >= 4 is 11.3 Å². The van der Waals surface area contributed by atoms with Crippen LogP contribution in [0.2, 0.25) is 0 Å². The zero-order chi connectivity index (χ0) is 20.9. The van der Waals surface area contributed by atoms with E-state index < -0.39 is 17.4 Å². The van der Waals surface area contributed by atoms with Gasteiger partial charge >= 0.3 is 6.18 Å². The summed E-state index contributed by atoms with van der Waals surface area (Å²) in [6.07, 6.45) is 0.737. The first-order valence-electron chi connectivity index (χ1n) is 10.3. The molecule has 1 aromatic carbocycles. The zero-order valence-corrected chi connectivity index (χ0v) is 16.4. The van der Waals surface area contributed by atoms with E-state index in [0.29, 0.717) is 11.6 Å². The Morgan fingerprint density at radius 2 is 1.70 bits per heavy atom. The predicted octanol–water partition coefficient (Wildman–Crippen LogP) is 4.92. The molecule has 3 heterocycles. The van der Waals surface area contributed by atoms with Gasteiger partial charge in [0.1, 0.15) is 11.6 Å². The van der Waals surface area contributed by atoms with E-state index in [0.717, 1.165) is 30.1 Å². The third-order valence-corrected chi connectivity index (χ3v) is 6.55. The van der Waals surface area contributed by atoms with Crippen LogP contribution in [-0.4, -0.2) is 33.9 Å². The smallest absolute Gasteiger partial charge is 0.371 e. The van der Waals surface area contributed by atoms with Crippen LogP contribution in [0.5, 0.6) is 0 Å². The average molecular weight is 418 g/mol. The first-order valence-corrected chi connectivity index (χ1v) is 10.3. The van der Waals surface area contributed by atoms with Crippen molar-refractivity contribution in [3.63, 3.8) is 0 Å². The van der Waals surface area contributed by atoms with Crippen molar-refractivity contribution in [2.75, 3.05) is 18.0 Å². The zero-order valence-electron chi connectivity index (χ0n) is 16.4. The van der Waals surface area contributed by atoms with Gasteiger partial charge in [-0.2, -0.15) is 13.2 Å². The number of hydrogen-bond donors (Lipinski definition) is 0. The van der Waals surface area contributed by atoms with Crippen LogP contribution >= 0.6 is 0 Å². The van der Waals surface area contributed by atoms with Crippen LogP contribution < -0.4 is 4.90 Å². The van der Waals surface area contributed by atoms with Crippen molar-refractivity contribution in [1.29, 1.82) is 0 Å². The number of benzene rings is 1. The van der Waals surface area contributed by atoms with Crippen LogP contribution in [-0.2, 0) is 11.8 Å². The molecule has 0 N–H and O–H groups in total. The Kier molecular flexibility index (Phi) is 4.48. The number of hydrogen-bond acceptors (Lipinski definition) is 3. The molecule has 1 aliphatic heterocycles. The van der Waals surface area contributed by atoms with Crippen LogP contribution in [0.15, 0.2) is 42.6 Å². The average Bonchev–Trinajstić information content (AvgIpc) is 3.46. The Morgan fingerprint density at radius 3 is 2.33 bits per heavy atom. The fourth-order valence-electron chi connectivity index (χ4n) is 4.50. The second-order valence-electron chi connectivity index (χ2n) is 8.45. The maximum Gasteiger partial charge on any atom is 0.398 e. The van der Waals surface area contributed by atoms with Crippen LogP contribution in [0.25, 0.3) is 5.65 Å². The van der Waals surface area contributed by atoms with Gasteiger partial charge < -0.3 is 4.90 Å². The van der Waals surface area contributed by atoms with Gasteiger partial charge in [0.2, 0.25) is 0 Å². The van der Waals surface area contributed by atoms with Crippen molar-refractivity contribution in [2.24, 2.45) is 5.92 Å². The van der Waals surface area contributed by atoms with Crippen LogP contribution in [0.4, 0.5) is 23.2 Å². The Morgan fingerprint density at radius 1 is 1.00 bits per heavy atom. The summed E-state index contributed by atoms with van der Waals surface area (Å²) in [4.78, 5) is 1.96. The van der Waals surface area contributed by atoms with Gasteiger partial charge in [-0.25, -0.2) is 4.39 Å². The monoisotopic (exact) mass is 418 g/mol. The molecule has 0 radical (unpaired) electrons. The van der Waals surface area contributed by atoms with Gasteiger partial charge in [0.05, 0.1) is 5.41 Å². The van der Waals surface area contributed by atoms with Crippen LogP contribution in [0.3, 0.4) is 0 Å². The Hall–Kier alpha value is -2.64. The highest BCUT2D eigenvalue weighted by molar-refractivity contribution is 5.56. The molecule has 0 unspecified atom stereocenters. The molecule has 2 fully saturated rings. The minimum absolute atomic E-state index is 0.0765. The van der Waals surface area contributed by atoms with Gasteiger partial charge in [-0.3, -0.25) is 4.40 Å². The summed E-state index contributed by atoms with van der Waals surface area (Å²) in [5, 5.41) is 8.53. The molecule has 158 valence electrons. The fourth-order valence-corrected chi connectivity index (χ4v) is 4.50. The Balaban J connectivity index is 1.38. The SMILES string of the molecule is Fc1ccc(C2(C(F)(F)F)CCN(c3ccn4c(CC5CC5)nnc4c3)CC2)cc1. The minimum atomic E-state index is -4.40. The standard InChI is InChI=1S/C22H22F4N4/c23-17-5-3-16(4-6-17)21(22(24,25)26)8-11-29(12-9-21)18-7-10-30-19(13-15-1-2-15)27-28-20(30)14-18/h3-7,10,14-15H,1-2,8-9,11-13H2. The molecule has 2 aromatic heterocycles. The molecule has 30 heavy (non-hydrogen) atoms. The van der Waals surface area contributed by atoms with Crippen LogP contribution in [0.1, 0.15) is 37.1 Å². The van der Waals surface area contributed by atoms with Gasteiger partial charge in [-0.1, -0.05) is 12.1 Å². The lowest BCUT2D eigenvalue weighted by Crippen LogP contribution is -2.51. The van der Waals surface area contributed by atoms with Crippen molar-refractivity contribution in [3.05, 3.63) is 59.8 Å². The summed E-state index contributed by atoms with van der Waals surface area (Å²) in [5.74, 6) is 1.10. The van der Waals surface area contributed by atoms with Gasteiger partial charge in [0.15, 0.2) is 5.65 Å². The molecule has 0 bridgehead atoms. The highest BCUT2D eigenvalue weighted by atomic mass is 19.4. The van der Waals surface area contributed by atoms with Crippen molar-refractivity contribution in [2.45, 2.75) is 43.7 Å². The molecule has 1 saturated carbocycles. The number of nitrogens with zero attached hydrogens (tertiary/aromatic N) is 4. The lowest BCUT2D eigenvalue weighted by molar-refractivity contribution is -0.196. The second-order valence-corrected chi connectivity index (χ2v) is 8.45. The van der Waals surface area contributed by atoms with Crippen LogP contribution in [0, 0.1) is 11.7 Å². The fraction of sp³-hybridized carbons (Fsp3) is 0.455. The number of aromatic nitrogens is 3. The van der Waals surface area contributed by atoms with E-state index in [2.05, 4.69) is 10.2 Å². The highest BCUT2D eigenvalue weighted by Crippen LogP contribution is 2.49. The molecule has 4 nitrogen and oxygen atoms in total. The van der Waals surface area contributed by atoms with Gasteiger partial charge in [0, 0.05) is 37.5 Å². The molecule has 8 heteroatoms. The molecule has 0 atom stereocenters. The molecule has 3 aromatic rings. The molecular weight excluding hydrogens is 396 g/mol. The molecule has 5 rings (SSSR count). The Labute approximate surface area is 171 Å². The summed E-state index contributed by atoms with van der Waals surface area (Å²) < 4.78 is 57.5. The second kappa shape index (κ2) is 6.96. The number of piperidine rings is 1. The molecule has 1 aliphatic carbocycles. The topological polar surface area (TPSA) is 33.4 Å². The van der Waals surface area contributed by atoms with E-state index in [-0.39, 0.29) is 31.5 Å². The number of rotatable bonds is 4. The lowest BCUT2D eigenvalue weighted by Gasteiger charge is -2.44. The maximum atomic E-state index is 14.1. The minimum Gasteiger partial charge on any atom is -0.371 e. The first kappa shape index (κ1) is 19.3. The van der Waals surface area contributed by atoms with E-state index in [1.807, 2.05) is 27.6 Å². The quantitative estimate of drug-likeness (QED) is 0.564. The van der Waals surface area contributed by atoms with Gasteiger partial charge in [-0.05, 0) is 55.4 Å². The molecular formula is C22H22F4N4. The summed E-state index contributed by atoms with van der Waals surface area (Å²) in [7, 11) is 0. The predicted molar refractivity (Wildman–Crippen MR) is 105 cm³/mol. The van der Waals surface area contributed by atoms with Crippen molar-refractivity contribution in [1.82, 2.24) is 14.6 Å². The van der Waals surface area contributed by atoms with E-state index in [1.54, 1.807) is 0 Å². The summed E-state index contributed by atoms with van der Waals surface area (Å²) in [6, 6.07) is 8.55.